The van der Waals surface area contributed by atoms with Crippen molar-refractivity contribution in [3.63, 3.8) is 0 Å². The van der Waals surface area contributed by atoms with Crippen LogP contribution in [0.15, 0.2) is 28.3 Å². The first kappa shape index (κ1) is 15.1. The molecular formula is C10H13ClN2O3S2. The van der Waals surface area contributed by atoms with Gasteiger partial charge in [-0.1, -0.05) is 16.8 Å². The van der Waals surface area contributed by atoms with E-state index in [0.717, 1.165) is 4.90 Å². The summed E-state index contributed by atoms with van der Waals surface area (Å²) in [4.78, 5) is 0.832. The van der Waals surface area contributed by atoms with Gasteiger partial charge in [0.1, 0.15) is 9.84 Å². The number of hydrogen-bond donors (Lipinski definition) is 2. The van der Waals surface area contributed by atoms with Crippen LogP contribution in [0.25, 0.3) is 0 Å². The Morgan fingerprint density at radius 3 is 2.72 bits per heavy atom. The van der Waals surface area contributed by atoms with E-state index < -0.39 is 9.84 Å². The second-order valence-corrected chi connectivity index (χ2v) is 7.44. The highest BCUT2D eigenvalue weighted by molar-refractivity contribution is 8.00. The second-order valence-electron chi connectivity index (χ2n) is 3.61. The third kappa shape index (κ3) is 4.75. The number of nitrogens with zero attached hydrogens (tertiary/aromatic N) is 1. The SMILES string of the molecule is CS(=O)(=O)CCSc1ccc(C(N)=NO)c(Cl)c1. The lowest BCUT2D eigenvalue weighted by Crippen LogP contribution is -2.13. The zero-order valence-electron chi connectivity index (χ0n) is 9.63. The van der Waals surface area contributed by atoms with Crippen molar-refractivity contribution in [1.82, 2.24) is 0 Å². The van der Waals surface area contributed by atoms with Crippen LogP contribution in [0, 0.1) is 0 Å². The van der Waals surface area contributed by atoms with E-state index in [1.807, 2.05) is 0 Å². The van der Waals surface area contributed by atoms with Crippen molar-refractivity contribution in [1.29, 1.82) is 0 Å². The number of nitrogens with two attached hydrogens (primary N) is 1. The van der Waals surface area contributed by atoms with E-state index in [-0.39, 0.29) is 11.6 Å². The molecule has 0 aliphatic rings. The van der Waals surface area contributed by atoms with Crippen LogP contribution in [-0.4, -0.2) is 37.2 Å². The predicted molar refractivity (Wildman–Crippen MR) is 74.4 cm³/mol. The molecule has 5 nitrogen and oxygen atoms in total. The number of hydrogen-bond acceptors (Lipinski definition) is 5. The lowest BCUT2D eigenvalue weighted by Gasteiger charge is -2.05. The Morgan fingerprint density at radius 1 is 1.56 bits per heavy atom. The smallest absolute Gasteiger partial charge is 0.171 e. The molecular weight excluding hydrogens is 296 g/mol. The third-order valence-electron chi connectivity index (χ3n) is 2.05. The highest BCUT2D eigenvalue weighted by atomic mass is 35.5. The number of oxime groups is 1. The summed E-state index contributed by atoms with van der Waals surface area (Å²) in [6, 6.07) is 5.02. The maximum atomic E-state index is 11.0. The normalized spacial score (nSPS) is 12.7. The van der Waals surface area contributed by atoms with Gasteiger partial charge < -0.3 is 10.9 Å². The molecule has 0 bridgehead atoms. The first-order chi connectivity index (χ1) is 8.33. The summed E-state index contributed by atoms with van der Waals surface area (Å²) in [6.45, 7) is 0. The first-order valence-electron chi connectivity index (χ1n) is 4.91. The maximum Gasteiger partial charge on any atom is 0.171 e. The minimum Gasteiger partial charge on any atom is -0.409 e. The fourth-order valence-electron chi connectivity index (χ4n) is 1.16. The zero-order chi connectivity index (χ0) is 13.8. The van der Waals surface area contributed by atoms with Crippen molar-refractivity contribution in [2.75, 3.05) is 17.8 Å². The molecule has 0 aromatic heterocycles. The summed E-state index contributed by atoms with van der Waals surface area (Å²) in [6.07, 6.45) is 1.20. The Hall–Kier alpha value is -0.920. The van der Waals surface area contributed by atoms with Gasteiger partial charge in [0.05, 0.1) is 10.8 Å². The molecule has 0 spiro atoms. The van der Waals surface area contributed by atoms with Crippen LogP contribution in [-0.2, 0) is 9.84 Å². The van der Waals surface area contributed by atoms with Gasteiger partial charge in [0, 0.05) is 22.5 Å². The van der Waals surface area contributed by atoms with Crippen LogP contribution in [0.5, 0.6) is 0 Å². The van der Waals surface area contributed by atoms with Crippen LogP contribution in [0.4, 0.5) is 0 Å². The van der Waals surface area contributed by atoms with Crippen molar-refractivity contribution in [2.45, 2.75) is 4.90 Å². The van der Waals surface area contributed by atoms with E-state index in [1.165, 1.54) is 18.0 Å². The minimum atomic E-state index is -2.96. The molecule has 3 N–H and O–H groups in total. The molecule has 0 atom stereocenters. The number of halogens is 1. The summed E-state index contributed by atoms with van der Waals surface area (Å²) in [5, 5.41) is 11.8. The Kier molecular flexibility index (Phi) is 5.30. The van der Waals surface area contributed by atoms with Crippen LogP contribution in [0.2, 0.25) is 5.02 Å². The lowest BCUT2D eigenvalue weighted by atomic mass is 10.2. The Morgan fingerprint density at radius 2 is 2.22 bits per heavy atom. The average molecular weight is 309 g/mol. The summed E-state index contributed by atoms with van der Waals surface area (Å²) >= 11 is 7.35. The average Bonchev–Trinajstić information content (AvgIpc) is 2.26. The van der Waals surface area contributed by atoms with Crippen molar-refractivity contribution in [3.8, 4) is 0 Å². The van der Waals surface area contributed by atoms with Gasteiger partial charge in [-0.2, -0.15) is 0 Å². The molecule has 0 saturated carbocycles. The van der Waals surface area contributed by atoms with Gasteiger partial charge in [-0.15, -0.1) is 11.8 Å². The molecule has 8 heteroatoms. The molecule has 1 rings (SSSR count). The van der Waals surface area contributed by atoms with E-state index in [2.05, 4.69) is 5.16 Å². The number of amidine groups is 1. The van der Waals surface area contributed by atoms with E-state index in [1.54, 1.807) is 18.2 Å². The van der Waals surface area contributed by atoms with Crippen molar-refractivity contribution in [2.24, 2.45) is 10.9 Å². The van der Waals surface area contributed by atoms with Gasteiger partial charge >= 0.3 is 0 Å². The minimum absolute atomic E-state index is 0.0623. The Balaban J connectivity index is 2.73. The molecule has 1 aromatic rings. The number of rotatable bonds is 5. The molecule has 0 aliphatic carbocycles. The van der Waals surface area contributed by atoms with Crippen molar-refractivity contribution < 1.29 is 13.6 Å². The molecule has 18 heavy (non-hydrogen) atoms. The highest BCUT2D eigenvalue weighted by Gasteiger charge is 2.07. The van der Waals surface area contributed by atoms with Gasteiger partial charge in [-0.3, -0.25) is 0 Å². The molecule has 100 valence electrons. The second kappa shape index (κ2) is 6.31. The van der Waals surface area contributed by atoms with E-state index in [4.69, 9.17) is 22.5 Å². The predicted octanol–water partition coefficient (Wildman–Crippen LogP) is 1.57. The largest absolute Gasteiger partial charge is 0.409 e. The summed E-state index contributed by atoms with van der Waals surface area (Å²) in [5.74, 6) is 0.503. The monoisotopic (exact) mass is 308 g/mol. The number of thioether (sulfide) groups is 1. The number of benzene rings is 1. The van der Waals surface area contributed by atoms with Crippen LogP contribution < -0.4 is 5.73 Å². The summed E-state index contributed by atoms with van der Waals surface area (Å²) in [7, 11) is -2.96. The molecule has 0 fully saturated rings. The summed E-state index contributed by atoms with van der Waals surface area (Å²) < 4.78 is 21.9. The Bertz CT molecular complexity index is 558. The molecule has 0 unspecified atom stereocenters. The van der Waals surface area contributed by atoms with Crippen LogP contribution >= 0.6 is 23.4 Å². The molecule has 0 aliphatic heterocycles. The first-order valence-corrected chi connectivity index (χ1v) is 8.34. The van der Waals surface area contributed by atoms with Gasteiger partial charge in [0.25, 0.3) is 0 Å². The van der Waals surface area contributed by atoms with Gasteiger partial charge in [-0.25, -0.2) is 8.42 Å². The van der Waals surface area contributed by atoms with Gasteiger partial charge in [0.2, 0.25) is 0 Å². The molecule has 1 aromatic carbocycles. The fraction of sp³-hybridized carbons (Fsp3) is 0.300. The van der Waals surface area contributed by atoms with Gasteiger partial charge in [-0.05, 0) is 18.2 Å². The standard InChI is InChI=1S/C10H13ClN2O3S2/c1-18(15,16)5-4-17-7-2-3-8(9(11)6-7)10(12)13-14/h2-3,6,14H,4-5H2,1H3,(H2,12,13). The Labute approximate surface area is 115 Å². The fourth-order valence-corrected chi connectivity index (χ4v) is 3.65. The van der Waals surface area contributed by atoms with Crippen molar-refractivity contribution in [3.05, 3.63) is 28.8 Å². The lowest BCUT2D eigenvalue weighted by molar-refractivity contribution is 0.318. The van der Waals surface area contributed by atoms with E-state index in [0.29, 0.717) is 16.3 Å². The highest BCUT2D eigenvalue weighted by Crippen LogP contribution is 2.25. The molecule has 0 heterocycles. The quantitative estimate of drug-likeness (QED) is 0.283. The molecule has 0 radical (unpaired) electrons. The van der Waals surface area contributed by atoms with Crippen LogP contribution in [0.3, 0.4) is 0 Å². The molecule has 0 saturated heterocycles. The molecule has 0 amide bonds. The topological polar surface area (TPSA) is 92.8 Å². The number of sulfone groups is 1. The zero-order valence-corrected chi connectivity index (χ0v) is 12.0. The van der Waals surface area contributed by atoms with Crippen molar-refractivity contribution >= 4 is 39.0 Å². The third-order valence-corrected chi connectivity index (χ3v) is 4.56. The van der Waals surface area contributed by atoms with E-state index in [9.17, 15) is 8.42 Å². The maximum absolute atomic E-state index is 11.0. The van der Waals surface area contributed by atoms with Crippen LogP contribution in [0.1, 0.15) is 5.56 Å². The van der Waals surface area contributed by atoms with E-state index >= 15 is 0 Å². The van der Waals surface area contributed by atoms with Gasteiger partial charge in [0.15, 0.2) is 5.84 Å². The summed E-state index contributed by atoms with van der Waals surface area (Å²) in [5.41, 5.74) is 5.87.